The molecule has 0 aliphatic carbocycles. The van der Waals surface area contributed by atoms with Crippen LogP contribution in [0.2, 0.25) is 0 Å². The molecule has 7 nitrogen and oxygen atoms in total. The van der Waals surface area contributed by atoms with Crippen LogP contribution in [-0.4, -0.2) is 44.3 Å². The van der Waals surface area contributed by atoms with Crippen molar-refractivity contribution in [2.45, 2.75) is 58.5 Å². The first-order valence-corrected chi connectivity index (χ1v) is 14.3. The Morgan fingerprint density at radius 1 is 0.868 bits per heavy atom. The van der Waals surface area contributed by atoms with Gasteiger partial charge in [0.1, 0.15) is 12.6 Å². The Morgan fingerprint density at radius 3 is 2.16 bits per heavy atom. The van der Waals surface area contributed by atoms with Crippen LogP contribution in [0.4, 0.5) is 5.69 Å². The Morgan fingerprint density at radius 2 is 1.50 bits per heavy atom. The van der Waals surface area contributed by atoms with Gasteiger partial charge in [0, 0.05) is 13.1 Å². The Bertz CT molecular complexity index is 1370. The molecular formula is C30H37N3O4S. The van der Waals surface area contributed by atoms with Gasteiger partial charge in [-0.2, -0.15) is 0 Å². The summed E-state index contributed by atoms with van der Waals surface area (Å²) < 4.78 is 28.9. The third-order valence-corrected chi connectivity index (χ3v) is 8.55. The summed E-state index contributed by atoms with van der Waals surface area (Å²) in [4.78, 5) is 28.5. The molecule has 0 bridgehead atoms. The molecule has 0 radical (unpaired) electrons. The molecule has 3 aromatic carbocycles. The van der Waals surface area contributed by atoms with E-state index in [0.717, 1.165) is 33.0 Å². The van der Waals surface area contributed by atoms with E-state index in [0.29, 0.717) is 12.2 Å². The SMILES string of the molecule is CCCNC(=O)[C@@H](C)N(Cc1ccccc1C)C(=O)CN(c1cccc(C)c1C)S(=O)(=O)c1ccccc1. The van der Waals surface area contributed by atoms with Crippen molar-refractivity contribution in [2.75, 3.05) is 17.4 Å². The molecule has 0 aliphatic rings. The molecule has 38 heavy (non-hydrogen) atoms. The highest BCUT2D eigenvalue weighted by atomic mass is 32.2. The van der Waals surface area contributed by atoms with Crippen molar-refractivity contribution >= 4 is 27.5 Å². The van der Waals surface area contributed by atoms with Crippen molar-refractivity contribution in [3.05, 3.63) is 95.1 Å². The maximum absolute atomic E-state index is 14.0. The largest absolute Gasteiger partial charge is 0.354 e. The van der Waals surface area contributed by atoms with Crippen LogP contribution >= 0.6 is 0 Å². The maximum Gasteiger partial charge on any atom is 0.264 e. The number of rotatable bonds is 11. The molecule has 0 saturated heterocycles. The maximum atomic E-state index is 14.0. The topological polar surface area (TPSA) is 86.8 Å². The van der Waals surface area contributed by atoms with Gasteiger partial charge in [0.2, 0.25) is 11.8 Å². The van der Waals surface area contributed by atoms with Gasteiger partial charge in [-0.15, -0.1) is 0 Å². The molecule has 0 spiro atoms. The Hall–Kier alpha value is -3.65. The zero-order valence-electron chi connectivity index (χ0n) is 22.8. The van der Waals surface area contributed by atoms with Gasteiger partial charge >= 0.3 is 0 Å². The number of nitrogens with one attached hydrogen (secondary N) is 1. The number of hydrogen-bond acceptors (Lipinski definition) is 4. The monoisotopic (exact) mass is 535 g/mol. The molecule has 0 fully saturated rings. The third-order valence-electron chi connectivity index (χ3n) is 6.77. The van der Waals surface area contributed by atoms with Crippen molar-refractivity contribution in [1.82, 2.24) is 10.2 Å². The molecule has 8 heteroatoms. The molecule has 1 atom stereocenters. The highest BCUT2D eigenvalue weighted by Gasteiger charge is 2.33. The molecule has 202 valence electrons. The first-order chi connectivity index (χ1) is 18.1. The minimum absolute atomic E-state index is 0.0906. The lowest BCUT2D eigenvalue weighted by atomic mass is 10.1. The minimum Gasteiger partial charge on any atom is -0.354 e. The molecule has 2 amide bonds. The van der Waals surface area contributed by atoms with Crippen LogP contribution in [0.25, 0.3) is 0 Å². The molecule has 1 N–H and O–H groups in total. The lowest BCUT2D eigenvalue weighted by Crippen LogP contribution is -2.51. The van der Waals surface area contributed by atoms with Gasteiger partial charge in [0.25, 0.3) is 10.0 Å². The van der Waals surface area contributed by atoms with Gasteiger partial charge < -0.3 is 10.2 Å². The zero-order valence-corrected chi connectivity index (χ0v) is 23.6. The first kappa shape index (κ1) is 28.9. The third kappa shape index (κ3) is 6.61. The van der Waals surface area contributed by atoms with Crippen molar-refractivity contribution in [1.29, 1.82) is 0 Å². The van der Waals surface area contributed by atoms with Gasteiger partial charge in [0.15, 0.2) is 0 Å². The number of carbonyl (C=O) groups is 2. The summed E-state index contributed by atoms with van der Waals surface area (Å²) in [5, 5.41) is 2.86. The number of hydrogen-bond donors (Lipinski definition) is 1. The molecule has 3 aromatic rings. The van der Waals surface area contributed by atoms with Gasteiger partial charge in [0.05, 0.1) is 10.6 Å². The lowest BCUT2D eigenvalue weighted by Gasteiger charge is -2.33. The second kappa shape index (κ2) is 12.7. The Balaban J connectivity index is 2.06. The van der Waals surface area contributed by atoms with Crippen molar-refractivity contribution < 1.29 is 18.0 Å². The van der Waals surface area contributed by atoms with Gasteiger partial charge in [-0.3, -0.25) is 13.9 Å². The van der Waals surface area contributed by atoms with E-state index in [1.165, 1.54) is 17.0 Å². The number of amides is 2. The van der Waals surface area contributed by atoms with Crippen LogP contribution in [0.15, 0.2) is 77.7 Å². The summed E-state index contributed by atoms with van der Waals surface area (Å²) in [6.07, 6.45) is 0.764. The van der Waals surface area contributed by atoms with Gasteiger partial charge in [-0.1, -0.05) is 61.5 Å². The van der Waals surface area contributed by atoms with E-state index < -0.39 is 28.5 Å². The van der Waals surface area contributed by atoms with Crippen LogP contribution in [0.1, 0.15) is 42.5 Å². The lowest BCUT2D eigenvalue weighted by molar-refractivity contribution is -0.139. The number of sulfonamides is 1. The fraction of sp³-hybridized carbons (Fsp3) is 0.333. The van der Waals surface area contributed by atoms with Crippen molar-refractivity contribution in [2.24, 2.45) is 0 Å². The summed E-state index contributed by atoms with van der Waals surface area (Å²) in [7, 11) is -4.08. The molecule has 0 saturated carbocycles. The molecular weight excluding hydrogens is 498 g/mol. The standard InChI is InChI=1S/C30H37N3O4S/c1-6-19-31-30(35)25(5)32(20-26-15-11-10-13-23(26)3)29(34)21-33(28-18-12-14-22(2)24(28)4)38(36,37)27-16-8-7-9-17-27/h7-18,25H,6,19-21H2,1-5H3,(H,31,35)/t25-/m1/s1. The quantitative estimate of drug-likeness (QED) is 0.384. The van der Waals surface area contributed by atoms with Crippen LogP contribution in [-0.2, 0) is 26.2 Å². The average Bonchev–Trinajstić information content (AvgIpc) is 2.91. The van der Waals surface area contributed by atoms with Crippen molar-refractivity contribution in [3.63, 3.8) is 0 Å². The molecule has 3 rings (SSSR count). The van der Waals surface area contributed by atoms with Crippen LogP contribution < -0.4 is 9.62 Å². The van der Waals surface area contributed by atoms with Gasteiger partial charge in [-0.05, 0) is 74.6 Å². The predicted octanol–water partition coefficient (Wildman–Crippen LogP) is 4.75. The van der Waals surface area contributed by atoms with E-state index in [1.807, 2.05) is 58.0 Å². The normalized spacial score (nSPS) is 12.0. The molecule has 0 aliphatic heterocycles. The summed E-state index contributed by atoms with van der Waals surface area (Å²) in [6, 6.07) is 20.3. The number of aryl methyl sites for hydroxylation is 2. The van der Waals surface area contributed by atoms with E-state index in [-0.39, 0.29) is 17.3 Å². The fourth-order valence-corrected chi connectivity index (χ4v) is 5.68. The minimum atomic E-state index is -4.08. The number of anilines is 1. The van der Waals surface area contributed by atoms with Crippen LogP contribution in [0.5, 0.6) is 0 Å². The highest BCUT2D eigenvalue weighted by Crippen LogP contribution is 2.29. The smallest absolute Gasteiger partial charge is 0.264 e. The number of nitrogens with zero attached hydrogens (tertiary/aromatic N) is 2. The van der Waals surface area contributed by atoms with Crippen LogP contribution in [0.3, 0.4) is 0 Å². The molecule has 0 heterocycles. The van der Waals surface area contributed by atoms with Crippen molar-refractivity contribution in [3.8, 4) is 0 Å². The summed E-state index contributed by atoms with van der Waals surface area (Å²) in [6.45, 7) is 9.55. The van der Waals surface area contributed by atoms with Gasteiger partial charge in [-0.25, -0.2) is 8.42 Å². The average molecular weight is 536 g/mol. The van der Waals surface area contributed by atoms with E-state index in [4.69, 9.17) is 0 Å². The van der Waals surface area contributed by atoms with E-state index in [1.54, 1.807) is 37.3 Å². The second-order valence-electron chi connectivity index (χ2n) is 9.46. The Labute approximate surface area is 226 Å². The summed E-state index contributed by atoms with van der Waals surface area (Å²) in [5.74, 6) is -0.745. The zero-order chi connectivity index (χ0) is 27.9. The summed E-state index contributed by atoms with van der Waals surface area (Å²) >= 11 is 0. The van der Waals surface area contributed by atoms with Crippen LogP contribution in [0, 0.1) is 20.8 Å². The Kier molecular flexibility index (Phi) is 9.69. The molecule has 0 aromatic heterocycles. The van der Waals surface area contributed by atoms with E-state index >= 15 is 0 Å². The summed E-state index contributed by atoms with van der Waals surface area (Å²) in [5.41, 5.74) is 3.97. The highest BCUT2D eigenvalue weighted by molar-refractivity contribution is 7.92. The predicted molar refractivity (Wildman–Crippen MR) is 151 cm³/mol. The first-order valence-electron chi connectivity index (χ1n) is 12.8. The van der Waals surface area contributed by atoms with E-state index in [2.05, 4.69) is 5.32 Å². The van der Waals surface area contributed by atoms with E-state index in [9.17, 15) is 18.0 Å². The molecule has 0 unspecified atom stereocenters. The second-order valence-corrected chi connectivity index (χ2v) is 11.3. The fourth-order valence-electron chi connectivity index (χ4n) is 4.19. The number of benzene rings is 3. The number of carbonyl (C=O) groups excluding carboxylic acids is 2.